The van der Waals surface area contributed by atoms with Gasteiger partial charge in [-0.2, -0.15) is 12.7 Å². The summed E-state index contributed by atoms with van der Waals surface area (Å²) >= 11 is 0. The third-order valence-electron chi connectivity index (χ3n) is 8.63. The summed E-state index contributed by atoms with van der Waals surface area (Å²) in [7, 11) is -3.69. The summed E-state index contributed by atoms with van der Waals surface area (Å²) in [6, 6.07) is 3.56. The van der Waals surface area contributed by atoms with E-state index in [1.165, 1.54) is 16.7 Å². The van der Waals surface area contributed by atoms with Gasteiger partial charge >= 0.3 is 16.3 Å². The molecule has 0 aromatic carbocycles. The van der Waals surface area contributed by atoms with E-state index in [-0.39, 0.29) is 25.0 Å². The molecule has 0 unspecified atom stereocenters. The summed E-state index contributed by atoms with van der Waals surface area (Å²) in [4.78, 5) is 47.1. The molecule has 7 rings (SSSR count). The average molecular weight is 831 g/mol. The number of rotatable bonds is 6. The van der Waals surface area contributed by atoms with Crippen LogP contribution in [0.5, 0.6) is 0 Å². The number of amides is 1. The van der Waals surface area contributed by atoms with Crippen LogP contribution in [0.1, 0.15) is 32.0 Å². The second-order valence-electron chi connectivity index (χ2n) is 14.5. The van der Waals surface area contributed by atoms with Gasteiger partial charge in [0.25, 0.3) is 0 Å². The standard InChI is InChI=1S/C15H19FN6O2S.C13H19FN4O2.C8H11FN4/c1-11-7-12(2)19-14(8-11)20-25(23,24)22-5-3-21(4-6-22)15-17-9-13(16)10-18-15;1-13(2,3)20-12(19)18-6-4-17(5-7-18)11-15-8-10(14)9-16-11;9-7-5-11-8(12-6-7)13-3-1-10-2-4-13/h7-10H,3-6H2,1-2H3,(H,19,20);8-9H,4-7H2,1-3H3;5-6,10H,1-4H2. The van der Waals surface area contributed by atoms with Crippen molar-refractivity contribution >= 4 is 40.0 Å². The molecule has 0 saturated carbocycles. The van der Waals surface area contributed by atoms with Crippen LogP contribution in [-0.4, -0.2) is 143 Å². The van der Waals surface area contributed by atoms with Gasteiger partial charge in [-0.3, -0.25) is 4.72 Å². The minimum Gasteiger partial charge on any atom is -0.444 e. The molecule has 0 atom stereocenters. The number of pyridine rings is 1. The molecule has 0 bridgehead atoms. The summed E-state index contributed by atoms with van der Waals surface area (Å²) in [6.45, 7) is 16.5. The second kappa shape index (κ2) is 19.8. The number of nitrogens with one attached hydrogen (secondary N) is 2. The molecule has 0 spiro atoms. The van der Waals surface area contributed by atoms with Gasteiger partial charge in [0.1, 0.15) is 11.4 Å². The maximum Gasteiger partial charge on any atom is 0.410 e. The number of ether oxygens (including phenoxy) is 1. The largest absolute Gasteiger partial charge is 0.444 e. The fourth-order valence-electron chi connectivity index (χ4n) is 5.91. The SMILES string of the molecule is CC(C)(C)OC(=O)N1CCN(c2ncc(F)cn2)CC1.Cc1cc(C)nc(NS(=O)(=O)N2CCN(c3ncc(F)cn3)CC2)c1.Fc1cnc(N2CCNCC2)nc1. The topological polar surface area (TPSA) is 191 Å². The van der Waals surface area contributed by atoms with Gasteiger partial charge in [-0.1, -0.05) is 0 Å². The van der Waals surface area contributed by atoms with E-state index in [0.29, 0.717) is 62.9 Å². The van der Waals surface area contributed by atoms with E-state index in [2.05, 4.69) is 44.9 Å². The van der Waals surface area contributed by atoms with Crippen molar-refractivity contribution < 1.29 is 31.1 Å². The zero-order valence-corrected chi connectivity index (χ0v) is 34.0. The number of anilines is 4. The Bertz CT molecular complexity index is 2000. The highest BCUT2D eigenvalue weighted by Gasteiger charge is 2.29. The molecule has 4 aromatic heterocycles. The van der Waals surface area contributed by atoms with Crippen molar-refractivity contribution in [2.45, 2.75) is 40.2 Å². The molecule has 58 heavy (non-hydrogen) atoms. The number of carbonyl (C=O) groups is 1. The molecular formula is C36H49F3N14O4S. The molecule has 3 fully saturated rings. The molecule has 0 aliphatic carbocycles. The Balaban J connectivity index is 0.000000174. The van der Waals surface area contributed by atoms with E-state index in [1.54, 1.807) is 11.0 Å². The van der Waals surface area contributed by atoms with Gasteiger partial charge in [0.05, 0.1) is 37.2 Å². The Morgan fingerprint density at radius 2 is 1.09 bits per heavy atom. The van der Waals surface area contributed by atoms with Crippen LogP contribution in [0, 0.1) is 31.3 Å². The van der Waals surface area contributed by atoms with E-state index in [1.807, 2.05) is 55.4 Å². The first kappa shape index (κ1) is 43.6. The lowest BCUT2D eigenvalue weighted by molar-refractivity contribution is 0.0240. The van der Waals surface area contributed by atoms with E-state index in [0.717, 1.165) is 62.2 Å². The molecular weight excluding hydrogens is 782 g/mol. The summed E-state index contributed by atoms with van der Waals surface area (Å²) in [5.74, 6) is 0.442. The predicted octanol–water partition coefficient (Wildman–Crippen LogP) is 2.80. The van der Waals surface area contributed by atoms with Crippen LogP contribution in [0.2, 0.25) is 0 Å². The van der Waals surface area contributed by atoms with Crippen molar-refractivity contribution in [1.82, 2.24) is 49.4 Å². The van der Waals surface area contributed by atoms with Crippen LogP contribution in [0.15, 0.2) is 49.3 Å². The number of aryl methyl sites for hydroxylation is 2. The number of carbonyl (C=O) groups excluding carboxylic acids is 1. The molecule has 3 aliphatic rings. The quantitative estimate of drug-likeness (QED) is 0.288. The van der Waals surface area contributed by atoms with Crippen LogP contribution in [0.4, 0.5) is 41.6 Å². The van der Waals surface area contributed by atoms with Crippen molar-refractivity contribution in [2.75, 3.05) is 98.0 Å². The predicted molar refractivity (Wildman–Crippen MR) is 211 cm³/mol. The highest BCUT2D eigenvalue weighted by molar-refractivity contribution is 7.90. The Hall–Kier alpha value is -5.48. The maximum absolute atomic E-state index is 12.9. The smallest absolute Gasteiger partial charge is 0.410 e. The molecule has 0 radical (unpaired) electrons. The number of piperazine rings is 3. The molecule has 22 heteroatoms. The van der Waals surface area contributed by atoms with Crippen molar-refractivity contribution in [1.29, 1.82) is 0 Å². The van der Waals surface area contributed by atoms with Gasteiger partial charge in [-0.15, -0.1) is 0 Å². The molecule has 2 N–H and O–H groups in total. The van der Waals surface area contributed by atoms with Gasteiger partial charge in [-0.05, 0) is 52.3 Å². The minimum atomic E-state index is -3.69. The first-order chi connectivity index (χ1) is 27.5. The Labute approximate surface area is 336 Å². The van der Waals surface area contributed by atoms with Gasteiger partial charge in [0.2, 0.25) is 17.8 Å². The van der Waals surface area contributed by atoms with Gasteiger partial charge in [0, 0.05) is 84.2 Å². The Morgan fingerprint density at radius 1 is 0.672 bits per heavy atom. The highest BCUT2D eigenvalue weighted by atomic mass is 32.2. The number of hydrogen-bond acceptors (Lipinski definition) is 15. The Kier molecular flexibility index (Phi) is 14.9. The minimum absolute atomic E-state index is 0.279. The van der Waals surface area contributed by atoms with E-state index in [9.17, 15) is 26.4 Å². The average Bonchev–Trinajstić information content (AvgIpc) is 3.19. The lowest BCUT2D eigenvalue weighted by Gasteiger charge is -2.35. The van der Waals surface area contributed by atoms with Crippen molar-refractivity contribution in [3.05, 3.63) is 78.0 Å². The lowest BCUT2D eigenvalue weighted by atomic mass is 10.2. The zero-order valence-electron chi connectivity index (χ0n) is 33.1. The van der Waals surface area contributed by atoms with Crippen molar-refractivity contribution in [3.63, 3.8) is 0 Å². The number of halogens is 3. The van der Waals surface area contributed by atoms with E-state index in [4.69, 9.17) is 4.74 Å². The normalized spacial score (nSPS) is 16.4. The molecule has 3 saturated heterocycles. The maximum atomic E-state index is 12.9. The monoisotopic (exact) mass is 830 g/mol. The summed E-state index contributed by atoms with van der Waals surface area (Å²) in [5, 5.41) is 3.22. The molecule has 1 amide bonds. The number of aromatic nitrogens is 7. The molecule has 18 nitrogen and oxygen atoms in total. The zero-order chi connectivity index (χ0) is 41.9. The van der Waals surface area contributed by atoms with E-state index < -0.39 is 27.4 Å². The van der Waals surface area contributed by atoms with Crippen LogP contribution in [0.3, 0.4) is 0 Å². The van der Waals surface area contributed by atoms with Crippen molar-refractivity contribution in [3.8, 4) is 0 Å². The lowest BCUT2D eigenvalue weighted by Crippen LogP contribution is -2.50. The number of nitrogens with zero attached hydrogens (tertiary/aromatic N) is 12. The summed E-state index contributed by atoms with van der Waals surface area (Å²) in [6.07, 6.45) is 6.56. The first-order valence-corrected chi connectivity index (χ1v) is 20.1. The number of hydrogen-bond donors (Lipinski definition) is 2. The molecule has 4 aromatic rings. The van der Waals surface area contributed by atoms with Crippen LogP contribution in [0.25, 0.3) is 0 Å². The summed E-state index contributed by atoms with van der Waals surface area (Å²) < 4.78 is 72.4. The van der Waals surface area contributed by atoms with Crippen molar-refractivity contribution in [2.24, 2.45) is 0 Å². The van der Waals surface area contributed by atoms with Crippen LogP contribution in [-0.2, 0) is 14.9 Å². The third kappa shape index (κ3) is 13.3. The van der Waals surface area contributed by atoms with Gasteiger partial charge < -0.3 is 29.7 Å². The summed E-state index contributed by atoms with van der Waals surface area (Å²) in [5.41, 5.74) is 1.19. The highest BCUT2D eigenvalue weighted by Crippen LogP contribution is 2.17. The molecule has 314 valence electrons. The Morgan fingerprint density at radius 3 is 1.50 bits per heavy atom. The molecule has 7 heterocycles. The van der Waals surface area contributed by atoms with Gasteiger partial charge in [-0.25, -0.2) is 52.9 Å². The van der Waals surface area contributed by atoms with E-state index >= 15 is 0 Å². The van der Waals surface area contributed by atoms with Crippen LogP contribution >= 0.6 is 0 Å². The van der Waals surface area contributed by atoms with Gasteiger partial charge in [0.15, 0.2) is 17.5 Å². The third-order valence-corrected chi connectivity index (χ3v) is 10.1. The molecule has 3 aliphatic heterocycles. The first-order valence-electron chi connectivity index (χ1n) is 18.6. The fourth-order valence-corrected chi connectivity index (χ4v) is 7.05. The fraction of sp³-hybridized carbons (Fsp3) is 0.500. The van der Waals surface area contributed by atoms with Crippen LogP contribution < -0.4 is 24.7 Å². The second-order valence-corrected chi connectivity index (χ2v) is 16.1.